The van der Waals surface area contributed by atoms with Gasteiger partial charge < -0.3 is 5.32 Å². The van der Waals surface area contributed by atoms with Gasteiger partial charge in [-0.3, -0.25) is 14.3 Å². The highest BCUT2D eigenvalue weighted by molar-refractivity contribution is 7.89. The van der Waals surface area contributed by atoms with Gasteiger partial charge in [0.25, 0.3) is 5.56 Å². The number of nitrogens with zero attached hydrogens (tertiary/aromatic N) is 5. The Hall–Kier alpha value is -3.79. The lowest BCUT2D eigenvalue weighted by atomic mass is 10.1. The molecule has 12 nitrogen and oxygen atoms in total. The number of aromatic nitrogens is 4. The molecule has 15 heteroatoms. The molecule has 1 aromatic carbocycles. The fourth-order valence-corrected chi connectivity index (χ4v) is 6.18. The van der Waals surface area contributed by atoms with E-state index < -0.39 is 25.9 Å². The Morgan fingerprint density at radius 2 is 1.78 bits per heavy atom. The van der Waals surface area contributed by atoms with E-state index in [9.17, 15) is 26.0 Å². The molecule has 5 rings (SSSR count). The molecule has 0 saturated carbocycles. The Bertz CT molecular complexity index is 1920. The minimum absolute atomic E-state index is 0.0145. The molecule has 0 bridgehead atoms. The van der Waals surface area contributed by atoms with Gasteiger partial charge in [0.2, 0.25) is 26.0 Å². The van der Waals surface area contributed by atoms with Crippen molar-refractivity contribution in [1.82, 2.24) is 23.8 Å². The maximum absolute atomic E-state index is 14.6. The average Bonchev–Trinajstić information content (AvgIpc) is 2.90. The van der Waals surface area contributed by atoms with Gasteiger partial charge in [-0.1, -0.05) is 6.07 Å². The second-order valence-electron chi connectivity index (χ2n) is 9.94. The lowest BCUT2D eigenvalue weighted by molar-refractivity contribution is 0.331. The average molecular weight is 602 g/mol. The van der Waals surface area contributed by atoms with Gasteiger partial charge in [0.1, 0.15) is 11.5 Å². The molecule has 0 radical (unpaired) electrons. The summed E-state index contributed by atoms with van der Waals surface area (Å²) < 4.78 is 64.6. The van der Waals surface area contributed by atoms with Crippen LogP contribution in [0.15, 0.2) is 58.4 Å². The molecule has 3 aromatic heterocycles. The SMILES string of the molecule is Cc1nc(-c2cc(S(N)(=O)=O)ccc2F)ccc1Cn1c(=O)ccc2cnc(NC3CCN(S(C)(=O)=O)CC3)nc21. The number of sulfonamides is 2. The summed E-state index contributed by atoms with van der Waals surface area (Å²) in [5.41, 5.74) is 1.50. The van der Waals surface area contributed by atoms with E-state index in [-0.39, 0.29) is 34.3 Å². The number of benzene rings is 1. The zero-order valence-corrected chi connectivity index (χ0v) is 23.9. The number of hydrogen-bond acceptors (Lipinski definition) is 9. The summed E-state index contributed by atoms with van der Waals surface area (Å²) in [6.45, 7) is 2.63. The predicted molar refractivity (Wildman–Crippen MR) is 152 cm³/mol. The van der Waals surface area contributed by atoms with Gasteiger partial charge in [-0.2, -0.15) is 4.98 Å². The number of halogens is 1. The Morgan fingerprint density at radius 1 is 1.05 bits per heavy atom. The first-order valence-corrected chi connectivity index (χ1v) is 16.1. The summed E-state index contributed by atoms with van der Waals surface area (Å²) >= 11 is 0. The minimum atomic E-state index is -4.03. The molecule has 1 fully saturated rings. The molecule has 0 unspecified atom stereocenters. The van der Waals surface area contributed by atoms with Gasteiger partial charge in [0, 0.05) is 48.0 Å². The highest BCUT2D eigenvalue weighted by Crippen LogP contribution is 2.26. The molecular formula is C26H28FN7O5S2. The van der Waals surface area contributed by atoms with Crippen molar-refractivity contribution in [3.63, 3.8) is 0 Å². The number of piperidine rings is 1. The Balaban J connectivity index is 1.42. The Morgan fingerprint density at radius 3 is 2.44 bits per heavy atom. The van der Waals surface area contributed by atoms with Gasteiger partial charge >= 0.3 is 0 Å². The van der Waals surface area contributed by atoms with Crippen LogP contribution in [0.4, 0.5) is 10.3 Å². The lowest BCUT2D eigenvalue weighted by Crippen LogP contribution is -2.42. The largest absolute Gasteiger partial charge is 0.351 e. The van der Waals surface area contributed by atoms with Crippen molar-refractivity contribution in [2.24, 2.45) is 5.14 Å². The molecule has 0 spiro atoms. The summed E-state index contributed by atoms with van der Waals surface area (Å²) in [6.07, 6.45) is 3.99. The topological polar surface area (TPSA) is 170 Å². The summed E-state index contributed by atoms with van der Waals surface area (Å²) in [5, 5.41) is 9.09. The zero-order chi connectivity index (χ0) is 29.5. The first kappa shape index (κ1) is 28.7. The van der Waals surface area contributed by atoms with E-state index in [1.165, 1.54) is 21.2 Å². The van der Waals surface area contributed by atoms with Gasteiger partial charge in [0.05, 0.1) is 23.4 Å². The molecule has 0 amide bonds. The second-order valence-corrected chi connectivity index (χ2v) is 13.5. The number of aryl methyl sites for hydroxylation is 1. The monoisotopic (exact) mass is 601 g/mol. The number of nitrogens with one attached hydrogen (secondary N) is 1. The van der Waals surface area contributed by atoms with Crippen molar-refractivity contribution in [3.05, 3.63) is 76.1 Å². The Kier molecular flexibility index (Phi) is 7.63. The van der Waals surface area contributed by atoms with E-state index in [2.05, 4.69) is 20.3 Å². The van der Waals surface area contributed by atoms with Crippen LogP contribution in [-0.2, 0) is 26.6 Å². The van der Waals surface area contributed by atoms with Crippen molar-refractivity contribution >= 4 is 37.0 Å². The number of primary sulfonamides is 1. The number of hydrogen-bond donors (Lipinski definition) is 2. The van der Waals surface area contributed by atoms with Gasteiger partial charge in [0.15, 0.2) is 0 Å². The fourth-order valence-electron chi connectivity index (χ4n) is 4.76. The van der Waals surface area contributed by atoms with E-state index in [1.54, 1.807) is 31.3 Å². The van der Waals surface area contributed by atoms with Crippen molar-refractivity contribution < 1.29 is 21.2 Å². The highest BCUT2D eigenvalue weighted by atomic mass is 32.2. The maximum Gasteiger partial charge on any atom is 0.252 e. The van der Waals surface area contributed by atoms with Crippen molar-refractivity contribution in [2.75, 3.05) is 24.7 Å². The molecule has 0 aliphatic carbocycles. The molecule has 216 valence electrons. The predicted octanol–water partition coefficient (Wildman–Crippen LogP) is 1.83. The van der Waals surface area contributed by atoms with Crippen LogP contribution in [0, 0.1) is 12.7 Å². The molecule has 41 heavy (non-hydrogen) atoms. The number of rotatable bonds is 7. The van der Waals surface area contributed by atoms with Gasteiger partial charge in [-0.15, -0.1) is 0 Å². The van der Waals surface area contributed by atoms with E-state index >= 15 is 0 Å². The smallest absolute Gasteiger partial charge is 0.252 e. The normalized spacial score (nSPS) is 15.3. The van der Waals surface area contributed by atoms with E-state index in [1.807, 2.05) is 0 Å². The van der Waals surface area contributed by atoms with Gasteiger partial charge in [-0.05, 0) is 55.7 Å². The molecule has 0 atom stereocenters. The first-order valence-electron chi connectivity index (χ1n) is 12.7. The molecule has 1 aliphatic rings. The van der Waals surface area contributed by atoms with Crippen molar-refractivity contribution in [2.45, 2.75) is 37.2 Å². The fraction of sp³-hybridized carbons (Fsp3) is 0.308. The first-order chi connectivity index (χ1) is 19.3. The van der Waals surface area contributed by atoms with Gasteiger partial charge in [-0.25, -0.2) is 35.7 Å². The summed E-state index contributed by atoms with van der Waals surface area (Å²) in [5.74, 6) is -0.328. The number of pyridine rings is 2. The maximum atomic E-state index is 14.6. The van der Waals surface area contributed by atoms with Crippen LogP contribution in [0.3, 0.4) is 0 Å². The number of anilines is 1. The van der Waals surface area contributed by atoms with Crippen molar-refractivity contribution in [3.8, 4) is 11.3 Å². The highest BCUT2D eigenvalue weighted by Gasteiger charge is 2.25. The molecule has 1 saturated heterocycles. The third kappa shape index (κ3) is 6.27. The third-order valence-corrected chi connectivity index (χ3v) is 9.26. The minimum Gasteiger partial charge on any atom is -0.351 e. The molecule has 4 aromatic rings. The van der Waals surface area contributed by atoms with Crippen LogP contribution < -0.4 is 16.0 Å². The molecule has 1 aliphatic heterocycles. The van der Waals surface area contributed by atoms with Crippen LogP contribution >= 0.6 is 0 Å². The van der Waals surface area contributed by atoms with Crippen LogP contribution in [0.2, 0.25) is 0 Å². The lowest BCUT2D eigenvalue weighted by Gasteiger charge is -2.30. The summed E-state index contributed by atoms with van der Waals surface area (Å²) in [4.78, 5) is 26.1. The van der Waals surface area contributed by atoms with E-state index in [0.29, 0.717) is 54.2 Å². The summed E-state index contributed by atoms with van der Waals surface area (Å²) in [6, 6.07) is 9.53. The zero-order valence-electron chi connectivity index (χ0n) is 22.3. The number of fused-ring (bicyclic) bond motifs is 1. The second kappa shape index (κ2) is 10.9. The van der Waals surface area contributed by atoms with E-state index in [0.717, 1.165) is 18.2 Å². The quantitative estimate of drug-likeness (QED) is 0.321. The summed E-state index contributed by atoms with van der Waals surface area (Å²) in [7, 11) is -7.27. The van der Waals surface area contributed by atoms with Crippen LogP contribution in [0.1, 0.15) is 24.1 Å². The molecule has 3 N–H and O–H groups in total. The third-order valence-electron chi connectivity index (χ3n) is 7.05. The standard InChI is InChI=1S/C26H28FN7O5S2/c1-16-18(3-7-23(30-16)21-13-20(41(28,38)39)5-6-22(21)27)15-34-24(35)8-4-17-14-29-26(32-25(17)34)31-19-9-11-33(12-10-19)40(2,36)37/h3-8,13-14,19H,9-12,15H2,1-2H3,(H2,28,38,39)(H,29,31,32). The van der Waals surface area contributed by atoms with Crippen LogP contribution in [0.25, 0.3) is 22.3 Å². The van der Waals surface area contributed by atoms with E-state index in [4.69, 9.17) is 5.14 Å². The van der Waals surface area contributed by atoms with Crippen LogP contribution in [-0.4, -0.2) is 66.0 Å². The molecule has 4 heterocycles. The Labute approximate surface area is 236 Å². The van der Waals surface area contributed by atoms with Crippen molar-refractivity contribution in [1.29, 1.82) is 0 Å². The molecular weight excluding hydrogens is 573 g/mol. The number of nitrogens with two attached hydrogens (primary N) is 1. The van der Waals surface area contributed by atoms with Crippen LogP contribution in [0.5, 0.6) is 0 Å².